The summed E-state index contributed by atoms with van der Waals surface area (Å²) in [5, 5.41) is 2.33. The Balaban J connectivity index is 2.97. The standard InChI is InChI=1S/C8H6N/c1-2-4-8-7(3-1)5-6-9-8/h1,3-5H,6H2. The molecule has 0 aliphatic carbocycles. The average molecular weight is 116 g/mol. The lowest BCUT2D eigenvalue weighted by Gasteiger charge is -1.77. The molecule has 0 bridgehead atoms. The first-order valence-electron chi connectivity index (χ1n) is 2.97. The number of rotatable bonds is 0. The summed E-state index contributed by atoms with van der Waals surface area (Å²) in [6.45, 7) is 0.840. The molecule has 1 heteroatoms. The maximum Gasteiger partial charge on any atom is 0.0654 e. The molecule has 0 aromatic heterocycles. The molecule has 0 spiro atoms. The van der Waals surface area contributed by atoms with E-state index in [1.54, 1.807) is 0 Å². The molecule has 1 aromatic carbocycles. The van der Waals surface area contributed by atoms with Gasteiger partial charge in [0.25, 0.3) is 0 Å². The Labute approximate surface area is 53.4 Å². The van der Waals surface area contributed by atoms with Crippen LogP contribution in [0.1, 0.15) is 0 Å². The Morgan fingerprint density at radius 1 is 1.56 bits per heavy atom. The number of hydrogen-bond acceptors (Lipinski definition) is 1. The summed E-state index contributed by atoms with van der Waals surface area (Å²) in [4.78, 5) is 4.21. The van der Waals surface area contributed by atoms with Gasteiger partial charge in [-0.1, -0.05) is 18.2 Å². The van der Waals surface area contributed by atoms with Gasteiger partial charge in [0.1, 0.15) is 0 Å². The SMILES string of the molecule is [c]1ccc2c(c1)=NCC=2. The Bertz CT molecular complexity index is 292. The second-order valence-electron chi connectivity index (χ2n) is 2.03. The van der Waals surface area contributed by atoms with Crippen LogP contribution < -0.4 is 10.6 Å². The minimum atomic E-state index is 0.840. The van der Waals surface area contributed by atoms with Crippen LogP contribution >= 0.6 is 0 Å². The molecule has 1 aromatic rings. The predicted octanol–water partition coefficient (Wildman–Crippen LogP) is -0.0995. The topological polar surface area (TPSA) is 12.4 Å². The number of benzene rings is 1. The van der Waals surface area contributed by atoms with E-state index in [0.29, 0.717) is 0 Å². The smallest absolute Gasteiger partial charge is 0.0654 e. The van der Waals surface area contributed by atoms with Crippen LogP contribution in [-0.4, -0.2) is 6.54 Å². The summed E-state index contributed by atoms with van der Waals surface area (Å²) in [6.07, 6.45) is 2.11. The maximum absolute atomic E-state index is 4.21. The van der Waals surface area contributed by atoms with E-state index in [2.05, 4.69) is 17.1 Å². The zero-order valence-corrected chi connectivity index (χ0v) is 4.96. The Kier molecular flexibility index (Phi) is 0.890. The van der Waals surface area contributed by atoms with Crippen molar-refractivity contribution >= 4 is 6.08 Å². The molecule has 1 heterocycles. The molecular formula is C8H6N. The highest BCUT2D eigenvalue weighted by Gasteiger charge is 1.89. The van der Waals surface area contributed by atoms with Gasteiger partial charge in [0.15, 0.2) is 0 Å². The normalized spacial score (nSPS) is 13.8. The molecule has 1 aliphatic heterocycles. The quantitative estimate of drug-likeness (QED) is 0.449. The van der Waals surface area contributed by atoms with Gasteiger partial charge in [-0.25, -0.2) is 0 Å². The van der Waals surface area contributed by atoms with Gasteiger partial charge in [-0.3, -0.25) is 4.99 Å². The third kappa shape index (κ3) is 0.653. The molecule has 43 valence electrons. The monoisotopic (exact) mass is 116 g/mol. The van der Waals surface area contributed by atoms with Gasteiger partial charge in [0, 0.05) is 0 Å². The molecule has 2 rings (SSSR count). The third-order valence-corrected chi connectivity index (χ3v) is 1.45. The third-order valence-electron chi connectivity index (χ3n) is 1.45. The fraction of sp³-hybridized carbons (Fsp3) is 0.125. The van der Waals surface area contributed by atoms with Crippen LogP contribution in [0.2, 0.25) is 0 Å². The minimum absolute atomic E-state index is 0.840. The summed E-state index contributed by atoms with van der Waals surface area (Å²) in [5.41, 5.74) is 0. The van der Waals surface area contributed by atoms with Crippen LogP contribution in [0.4, 0.5) is 0 Å². The van der Waals surface area contributed by atoms with Crippen molar-refractivity contribution in [3.63, 3.8) is 0 Å². The molecule has 1 aliphatic rings. The van der Waals surface area contributed by atoms with Crippen molar-refractivity contribution in [2.75, 3.05) is 6.54 Å². The van der Waals surface area contributed by atoms with Gasteiger partial charge in [-0.15, -0.1) is 0 Å². The van der Waals surface area contributed by atoms with Crippen molar-refractivity contribution in [2.45, 2.75) is 0 Å². The maximum atomic E-state index is 4.21. The van der Waals surface area contributed by atoms with Gasteiger partial charge in [-0.05, 0) is 17.4 Å². The lowest BCUT2D eigenvalue weighted by atomic mass is 10.3. The highest BCUT2D eigenvalue weighted by molar-refractivity contribution is 5.28. The number of hydrogen-bond donors (Lipinski definition) is 0. The van der Waals surface area contributed by atoms with Crippen LogP contribution in [0, 0.1) is 6.07 Å². The van der Waals surface area contributed by atoms with Crippen LogP contribution in [-0.2, 0) is 0 Å². The molecule has 0 unspecified atom stereocenters. The molecule has 0 saturated heterocycles. The lowest BCUT2D eigenvalue weighted by Crippen LogP contribution is -2.19. The summed E-state index contributed by atoms with van der Waals surface area (Å²) in [7, 11) is 0. The van der Waals surface area contributed by atoms with Gasteiger partial charge < -0.3 is 0 Å². The summed E-state index contributed by atoms with van der Waals surface area (Å²) in [6, 6.07) is 8.84. The van der Waals surface area contributed by atoms with Crippen molar-refractivity contribution in [3.05, 3.63) is 34.8 Å². The molecule has 0 N–H and O–H groups in total. The summed E-state index contributed by atoms with van der Waals surface area (Å²) < 4.78 is 0. The van der Waals surface area contributed by atoms with E-state index >= 15 is 0 Å². The van der Waals surface area contributed by atoms with Crippen LogP contribution in [0.3, 0.4) is 0 Å². The molecule has 1 nitrogen and oxygen atoms in total. The Morgan fingerprint density at radius 2 is 2.56 bits per heavy atom. The molecule has 0 atom stereocenters. The van der Waals surface area contributed by atoms with E-state index in [9.17, 15) is 0 Å². The van der Waals surface area contributed by atoms with Gasteiger partial charge in [0.05, 0.1) is 11.9 Å². The molecular weight excluding hydrogens is 110 g/mol. The Hall–Kier alpha value is -1.11. The van der Waals surface area contributed by atoms with E-state index < -0.39 is 0 Å². The minimum Gasteiger partial charge on any atom is -0.281 e. The van der Waals surface area contributed by atoms with E-state index in [-0.39, 0.29) is 0 Å². The molecule has 0 fully saturated rings. The summed E-state index contributed by atoms with van der Waals surface area (Å²) >= 11 is 0. The average Bonchev–Trinajstić information content (AvgIpc) is 2.33. The Morgan fingerprint density at radius 3 is 3.44 bits per heavy atom. The van der Waals surface area contributed by atoms with Crippen LogP contribution in [0.25, 0.3) is 6.08 Å². The number of nitrogens with zero attached hydrogens (tertiary/aromatic N) is 1. The first kappa shape index (κ1) is 4.74. The first-order valence-corrected chi connectivity index (χ1v) is 2.97. The highest BCUT2D eigenvalue weighted by atomic mass is 14.7. The highest BCUT2D eigenvalue weighted by Crippen LogP contribution is 1.77. The van der Waals surface area contributed by atoms with Crippen LogP contribution in [0.15, 0.2) is 23.2 Å². The van der Waals surface area contributed by atoms with Crippen LogP contribution in [0.5, 0.6) is 0 Å². The van der Waals surface area contributed by atoms with Crippen molar-refractivity contribution in [1.29, 1.82) is 0 Å². The van der Waals surface area contributed by atoms with Gasteiger partial charge in [-0.2, -0.15) is 0 Å². The first-order chi connectivity index (χ1) is 4.47. The van der Waals surface area contributed by atoms with E-state index in [0.717, 1.165) is 11.9 Å². The van der Waals surface area contributed by atoms with Crippen molar-refractivity contribution in [3.8, 4) is 0 Å². The summed E-state index contributed by atoms with van der Waals surface area (Å²) in [5.74, 6) is 0. The van der Waals surface area contributed by atoms with Gasteiger partial charge in [0.2, 0.25) is 0 Å². The van der Waals surface area contributed by atoms with E-state index in [4.69, 9.17) is 0 Å². The fourth-order valence-corrected chi connectivity index (χ4v) is 0.986. The lowest BCUT2D eigenvalue weighted by molar-refractivity contribution is 1.22. The number of fused-ring (bicyclic) bond motifs is 1. The van der Waals surface area contributed by atoms with Crippen molar-refractivity contribution in [2.24, 2.45) is 4.99 Å². The zero-order valence-electron chi connectivity index (χ0n) is 4.96. The largest absolute Gasteiger partial charge is 0.281 e. The zero-order chi connectivity index (χ0) is 6.10. The predicted molar refractivity (Wildman–Crippen MR) is 35.4 cm³/mol. The fourth-order valence-electron chi connectivity index (χ4n) is 0.986. The van der Waals surface area contributed by atoms with Crippen molar-refractivity contribution < 1.29 is 0 Å². The van der Waals surface area contributed by atoms with E-state index in [1.165, 1.54) is 5.22 Å². The molecule has 9 heavy (non-hydrogen) atoms. The van der Waals surface area contributed by atoms with Gasteiger partial charge >= 0.3 is 0 Å². The van der Waals surface area contributed by atoms with Crippen molar-refractivity contribution in [1.82, 2.24) is 0 Å². The molecule has 1 radical (unpaired) electrons. The molecule has 0 saturated carbocycles. The second kappa shape index (κ2) is 1.69. The molecule has 0 amide bonds. The van der Waals surface area contributed by atoms with E-state index in [1.807, 2.05) is 18.2 Å². The second-order valence-corrected chi connectivity index (χ2v) is 2.03.